The molecule has 1 radical (unpaired) electrons. The minimum atomic E-state index is -4.76. The van der Waals surface area contributed by atoms with E-state index < -0.39 is 68.6 Å². The third-order valence-electron chi connectivity index (χ3n) is 5.14. The molecule has 1 atom stereocenters. The molecular weight excluding hydrogens is 566 g/mol. The third kappa shape index (κ3) is 8.78. The monoisotopic (exact) mass is 590 g/mol. The highest BCUT2D eigenvalue weighted by Crippen LogP contribution is 2.28. The minimum Gasteiger partial charge on any atom is -0.484 e. The van der Waals surface area contributed by atoms with Gasteiger partial charge in [-0.1, -0.05) is 11.6 Å². The van der Waals surface area contributed by atoms with Crippen LogP contribution in [0.1, 0.15) is 32.9 Å². The quantitative estimate of drug-likeness (QED) is 0.386. The molecule has 2 heterocycles. The van der Waals surface area contributed by atoms with Gasteiger partial charge in [0.15, 0.2) is 27.1 Å². The molecule has 10 nitrogen and oxygen atoms in total. The number of rotatable bonds is 6. The van der Waals surface area contributed by atoms with Gasteiger partial charge < -0.3 is 19.8 Å². The van der Waals surface area contributed by atoms with Crippen molar-refractivity contribution in [2.45, 2.75) is 51.1 Å². The van der Waals surface area contributed by atoms with E-state index in [1.165, 1.54) is 12.1 Å². The Bertz CT molecular complexity index is 1230. The van der Waals surface area contributed by atoms with Crippen LogP contribution in [0.2, 0.25) is 11.1 Å². The molecule has 0 spiro atoms. The Kier molecular flexibility index (Phi) is 9.37. The molecule has 3 amide bonds. The summed E-state index contributed by atoms with van der Waals surface area (Å²) in [6, 6.07) is 2.96. The van der Waals surface area contributed by atoms with Gasteiger partial charge in [0.2, 0.25) is 11.8 Å². The summed E-state index contributed by atoms with van der Waals surface area (Å²) in [5.41, 5.74) is -2.19. The summed E-state index contributed by atoms with van der Waals surface area (Å²) in [6.07, 6.45) is -4.06. The van der Waals surface area contributed by atoms with E-state index in [0.717, 1.165) is 17.2 Å². The van der Waals surface area contributed by atoms with E-state index in [9.17, 15) is 31.9 Å². The van der Waals surface area contributed by atoms with E-state index >= 15 is 0 Å². The molecule has 2 aromatic rings. The standard InChI is InChI=1S/C23H25ClF4N5O5Si/c1-22(2,3)38-21(36)33-12-39(32-19(34)11-37-13-4-5-14(24)15(25)8-13)7-6-16(33)20(35)31-18-10-29-9-17(30-18)23(26,27)28/h4-5,8-10,16H,6-7,11-12H2,1-3H3,(H,32,34)(H,30,31,35)/t16-/m1/s1. The number of halogens is 5. The lowest BCUT2D eigenvalue weighted by Crippen LogP contribution is -2.60. The number of ether oxygens (including phenoxy) is 2. The van der Waals surface area contributed by atoms with Crippen molar-refractivity contribution in [2.24, 2.45) is 0 Å². The van der Waals surface area contributed by atoms with Gasteiger partial charge in [-0.05, 0) is 45.4 Å². The second kappa shape index (κ2) is 12.2. The first-order chi connectivity index (χ1) is 18.1. The number of benzene rings is 1. The minimum absolute atomic E-state index is 0.0345. The molecule has 0 saturated carbocycles. The molecule has 211 valence electrons. The fourth-order valence-corrected chi connectivity index (χ4v) is 5.80. The van der Waals surface area contributed by atoms with Crippen molar-refractivity contribution in [3.63, 3.8) is 0 Å². The van der Waals surface area contributed by atoms with Crippen molar-refractivity contribution in [2.75, 3.05) is 18.1 Å². The molecule has 39 heavy (non-hydrogen) atoms. The van der Waals surface area contributed by atoms with Gasteiger partial charge in [-0.15, -0.1) is 0 Å². The van der Waals surface area contributed by atoms with Crippen LogP contribution in [0.3, 0.4) is 0 Å². The van der Waals surface area contributed by atoms with Gasteiger partial charge in [-0.2, -0.15) is 13.2 Å². The Hall–Kier alpha value is -3.46. The normalized spacial score (nSPS) is 16.4. The number of amides is 3. The fourth-order valence-electron chi connectivity index (χ4n) is 3.47. The lowest BCUT2D eigenvalue weighted by molar-refractivity contribution is -0.141. The molecule has 1 aliphatic rings. The predicted molar refractivity (Wildman–Crippen MR) is 133 cm³/mol. The van der Waals surface area contributed by atoms with Gasteiger partial charge in [-0.3, -0.25) is 19.5 Å². The number of carbonyl (C=O) groups excluding carboxylic acids is 3. The average Bonchev–Trinajstić information content (AvgIpc) is 2.83. The van der Waals surface area contributed by atoms with Gasteiger partial charge >= 0.3 is 12.3 Å². The summed E-state index contributed by atoms with van der Waals surface area (Å²) in [4.78, 5) is 49.2. The number of nitrogens with one attached hydrogen (secondary N) is 2. The van der Waals surface area contributed by atoms with Crippen LogP contribution in [0.4, 0.5) is 28.2 Å². The van der Waals surface area contributed by atoms with Crippen LogP contribution in [-0.4, -0.2) is 66.2 Å². The van der Waals surface area contributed by atoms with Crippen molar-refractivity contribution in [1.82, 2.24) is 19.9 Å². The Labute approximate surface area is 227 Å². The van der Waals surface area contributed by atoms with Crippen LogP contribution in [0, 0.1) is 5.82 Å². The first kappa shape index (κ1) is 30.1. The molecule has 16 heteroatoms. The SMILES string of the molecule is CC(C)(C)OC(=O)N1C[Si](NC(=O)COc2ccc(Cl)c(F)c2)CC[C@@H]1C(=O)Nc1cncc(C(F)(F)F)n1. The Morgan fingerprint density at radius 3 is 2.56 bits per heavy atom. The summed E-state index contributed by atoms with van der Waals surface area (Å²) in [7, 11) is -1.78. The molecule has 1 fully saturated rings. The maximum Gasteiger partial charge on any atom is 0.434 e. The number of hydrogen-bond acceptors (Lipinski definition) is 7. The van der Waals surface area contributed by atoms with E-state index in [-0.39, 0.29) is 23.4 Å². The average molecular weight is 591 g/mol. The molecule has 2 N–H and O–H groups in total. The highest BCUT2D eigenvalue weighted by Gasteiger charge is 2.40. The highest BCUT2D eigenvalue weighted by atomic mass is 35.5. The Morgan fingerprint density at radius 1 is 1.21 bits per heavy atom. The molecule has 0 bridgehead atoms. The number of hydrogen-bond donors (Lipinski definition) is 2. The topological polar surface area (TPSA) is 123 Å². The lowest BCUT2D eigenvalue weighted by atomic mass is 10.1. The highest BCUT2D eigenvalue weighted by molar-refractivity contribution is 6.59. The van der Waals surface area contributed by atoms with Crippen LogP contribution in [-0.2, 0) is 20.5 Å². The molecule has 0 unspecified atom stereocenters. The zero-order valence-corrected chi connectivity index (χ0v) is 22.8. The summed E-state index contributed by atoms with van der Waals surface area (Å²) >= 11 is 5.63. The van der Waals surface area contributed by atoms with Crippen LogP contribution in [0.5, 0.6) is 5.75 Å². The van der Waals surface area contributed by atoms with Crippen LogP contribution in [0.25, 0.3) is 0 Å². The van der Waals surface area contributed by atoms with E-state index in [2.05, 4.69) is 20.3 Å². The zero-order valence-electron chi connectivity index (χ0n) is 21.1. The number of anilines is 1. The molecule has 1 aromatic carbocycles. The van der Waals surface area contributed by atoms with Gasteiger partial charge in [-0.25, -0.2) is 14.2 Å². The summed E-state index contributed by atoms with van der Waals surface area (Å²) in [5, 5.41) is 2.18. The molecular formula is C23H25ClF4N5O5Si. The summed E-state index contributed by atoms with van der Waals surface area (Å²) in [5.74, 6) is -2.35. The Balaban J connectivity index is 1.68. The van der Waals surface area contributed by atoms with E-state index in [1.54, 1.807) is 20.8 Å². The van der Waals surface area contributed by atoms with Crippen LogP contribution >= 0.6 is 11.6 Å². The Morgan fingerprint density at radius 2 is 1.92 bits per heavy atom. The number of carbonyl (C=O) groups is 3. The lowest BCUT2D eigenvalue weighted by Gasteiger charge is -2.38. The van der Waals surface area contributed by atoms with Crippen LogP contribution < -0.4 is 15.0 Å². The maximum atomic E-state index is 13.6. The summed E-state index contributed by atoms with van der Waals surface area (Å²) in [6.45, 7) is 4.46. The van der Waals surface area contributed by atoms with Crippen LogP contribution in [0.15, 0.2) is 30.6 Å². The molecule has 1 aromatic heterocycles. The second-order valence-electron chi connectivity index (χ2n) is 9.46. The largest absolute Gasteiger partial charge is 0.484 e. The van der Waals surface area contributed by atoms with Crippen molar-refractivity contribution >= 4 is 44.3 Å². The number of aromatic nitrogens is 2. The van der Waals surface area contributed by atoms with E-state index in [0.29, 0.717) is 12.2 Å². The second-order valence-corrected chi connectivity index (χ2v) is 12.1. The van der Waals surface area contributed by atoms with Gasteiger partial charge in [0.05, 0.1) is 17.4 Å². The zero-order chi connectivity index (χ0) is 29.0. The first-order valence-corrected chi connectivity index (χ1v) is 13.8. The van der Waals surface area contributed by atoms with Crippen molar-refractivity contribution in [1.29, 1.82) is 0 Å². The fraction of sp³-hybridized carbons (Fsp3) is 0.435. The van der Waals surface area contributed by atoms with Crippen molar-refractivity contribution in [3.8, 4) is 5.75 Å². The van der Waals surface area contributed by atoms with Crippen molar-refractivity contribution in [3.05, 3.63) is 47.1 Å². The smallest absolute Gasteiger partial charge is 0.434 e. The summed E-state index contributed by atoms with van der Waals surface area (Å²) < 4.78 is 63.2. The molecule has 1 saturated heterocycles. The predicted octanol–water partition coefficient (Wildman–Crippen LogP) is 3.96. The number of alkyl halides is 3. The molecule has 3 rings (SSSR count). The maximum absolute atomic E-state index is 13.6. The van der Waals surface area contributed by atoms with Gasteiger partial charge in [0.25, 0.3) is 0 Å². The van der Waals surface area contributed by atoms with Gasteiger partial charge in [0.1, 0.15) is 23.2 Å². The first-order valence-electron chi connectivity index (χ1n) is 11.5. The third-order valence-corrected chi connectivity index (χ3v) is 7.69. The van der Waals surface area contributed by atoms with E-state index in [1.807, 2.05) is 0 Å². The van der Waals surface area contributed by atoms with E-state index in [4.69, 9.17) is 21.1 Å². The molecule has 0 aliphatic carbocycles. The van der Waals surface area contributed by atoms with Gasteiger partial charge in [0, 0.05) is 12.2 Å². The van der Waals surface area contributed by atoms with Crippen molar-refractivity contribution < 1.29 is 41.4 Å². The number of nitrogens with zero attached hydrogens (tertiary/aromatic N) is 3. The molecule has 1 aliphatic heterocycles.